The van der Waals surface area contributed by atoms with Gasteiger partial charge in [-0.1, -0.05) is 6.07 Å². The Morgan fingerprint density at radius 3 is 1.80 bits per heavy atom. The van der Waals surface area contributed by atoms with Crippen LogP contribution in [0.4, 0.5) is 0 Å². The highest BCUT2D eigenvalue weighted by Gasteiger charge is 2.26. The molecule has 5 rings (SSSR count). The lowest BCUT2D eigenvalue weighted by molar-refractivity contribution is -0.724. The minimum atomic E-state index is 0.852. The Labute approximate surface area is 147 Å². The van der Waals surface area contributed by atoms with Crippen LogP contribution in [-0.4, -0.2) is 79.5 Å². The summed E-state index contributed by atoms with van der Waals surface area (Å²) in [4.78, 5) is 14.2. The second kappa shape index (κ2) is 5.91. The van der Waals surface area contributed by atoms with E-state index in [1.54, 1.807) is 0 Å². The summed E-state index contributed by atoms with van der Waals surface area (Å²) >= 11 is 0. The third kappa shape index (κ3) is 3.09. The first kappa shape index (κ1) is 14.5. The highest BCUT2D eigenvalue weighted by Crippen LogP contribution is 2.14. The lowest BCUT2D eigenvalue weighted by Crippen LogP contribution is -2.36. The van der Waals surface area contributed by atoms with Gasteiger partial charge in [-0.15, -0.1) is 0 Å². The summed E-state index contributed by atoms with van der Waals surface area (Å²) in [5.41, 5.74) is 2.26. The summed E-state index contributed by atoms with van der Waals surface area (Å²) in [6, 6.07) is 6.37. The Kier molecular flexibility index (Phi) is 3.43. The molecule has 5 heterocycles. The summed E-state index contributed by atoms with van der Waals surface area (Å²) in [6.45, 7) is 6.29. The zero-order valence-electron chi connectivity index (χ0n) is 14.3. The van der Waals surface area contributed by atoms with Crippen molar-refractivity contribution in [2.45, 2.75) is 13.1 Å². The molecule has 7 heteroatoms. The molecule has 0 N–H and O–H groups in total. The zero-order valence-corrected chi connectivity index (χ0v) is 14.3. The van der Waals surface area contributed by atoms with Gasteiger partial charge < -0.3 is 19.6 Å². The minimum absolute atomic E-state index is 0.852. The highest BCUT2D eigenvalue weighted by atomic mass is 15.4. The van der Waals surface area contributed by atoms with Crippen molar-refractivity contribution in [3.63, 3.8) is 0 Å². The molecule has 0 amide bonds. The first-order valence-corrected chi connectivity index (χ1v) is 8.74. The molecule has 4 aliphatic rings. The van der Waals surface area contributed by atoms with Crippen molar-refractivity contribution in [2.24, 2.45) is 0 Å². The summed E-state index contributed by atoms with van der Waals surface area (Å²) < 4.78 is 4.69. The third-order valence-corrected chi connectivity index (χ3v) is 4.88. The van der Waals surface area contributed by atoms with Gasteiger partial charge in [0, 0.05) is 24.8 Å². The van der Waals surface area contributed by atoms with E-state index < -0.39 is 0 Å². The number of nitrogens with zero attached hydrogens (tertiary/aromatic N) is 7. The van der Waals surface area contributed by atoms with Crippen LogP contribution in [0, 0.1) is 0 Å². The van der Waals surface area contributed by atoms with Crippen molar-refractivity contribution in [2.75, 3.05) is 33.3 Å². The van der Waals surface area contributed by atoms with E-state index >= 15 is 0 Å². The van der Waals surface area contributed by atoms with Gasteiger partial charge in [-0.05, 0) is 12.1 Å². The predicted molar refractivity (Wildman–Crippen MR) is 94.3 cm³/mol. The van der Waals surface area contributed by atoms with Crippen LogP contribution < -0.4 is 0 Å². The molecule has 0 radical (unpaired) electrons. The molecule has 7 nitrogen and oxygen atoms in total. The van der Waals surface area contributed by atoms with E-state index in [2.05, 4.69) is 84.2 Å². The predicted octanol–water partition coefficient (Wildman–Crippen LogP) is 0.241. The van der Waals surface area contributed by atoms with Gasteiger partial charge in [-0.2, -0.15) is 9.15 Å². The molecule has 0 saturated heterocycles. The second-order valence-electron chi connectivity index (χ2n) is 7.07. The Morgan fingerprint density at radius 2 is 1.24 bits per heavy atom. The molecule has 0 atom stereocenters. The van der Waals surface area contributed by atoms with Gasteiger partial charge in [0.05, 0.1) is 37.8 Å². The average molecular weight is 337 g/mol. The van der Waals surface area contributed by atoms with Crippen LogP contribution in [0.2, 0.25) is 0 Å². The molecule has 128 valence electrons. The largest absolute Gasteiger partial charge is 0.352 e. The van der Waals surface area contributed by atoms with Gasteiger partial charge in [0.2, 0.25) is 25.8 Å². The third-order valence-electron chi connectivity index (χ3n) is 4.88. The molecule has 0 unspecified atom stereocenters. The molecule has 0 aliphatic carbocycles. The van der Waals surface area contributed by atoms with Crippen LogP contribution >= 0.6 is 0 Å². The minimum Gasteiger partial charge on any atom is -0.352 e. The number of fused-ring (bicyclic) bond motifs is 8. The molecule has 0 spiro atoms. The van der Waals surface area contributed by atoms with Crippen molar-refractivity contribution in [3.05, 3.63) is 54.4 Å². The van der Waals surface area contributed by atoms with E-state index in [1.807, 2.05) is 0 Å². The Bertz CT molecular complexity index is 733. The lowest BCUT2D eigenvalue weighted by atomic mass is 10.3. The van der Waals surface area contributed by atoms with E-state index in [0.717, 1.165) is 57.8 Å². The van der Waals surface area contributed by atoms with E-state index in [9.17, 15) is 0 Å². The number of hydrogen-bond acceptors (Lipinski definition) is 5. The number of aromatic nitrogens is 1. The SMILES string of the molecule is C1=CN2CN1Cc1cccc(n1)CN1C=CN(C1)C[N+]1=CC=[N+](C2)C1. The Morgan fingerprint density at radius 1 is 0.720 bits per heavy atom. The Hall–Kier alpha value is -2.83. The smallest absolute Gasteiger partial charge is 0.337 e. The molecule has 4 aliphatic heterocycles. The fraction of sp³-hybridized carbons (Fsp3) is 0.389. The van der Waals surface area contributed by atoms with Gasteiger partial charge in [0.25, 0.3) is 0 Å². The van der Waals surface area contributed by atoms with Crippen molar-refractivity contribution in [3.8, 4) is 0 Å². The summed E-state index contributed by atoms with van der Waals surface area (Å²) in [5, 5.41) is 0. The van der Waals surface area contributed by atoms with Gasteiger partial charge in [0.1, 0.15) is 0 Å². The van der Waals surface area contributed by atoms with Crippen LogP contribution in [0.15, 0.2) is 43.0 Å². The molecular weight excluding hydrogens is 314 g/mol. The number of pyridine rings is 1. The molecule has 1 aromatic heterocycles. The van der Waals surface area contributed by atoms with Crippen LogP contribution in [0.25, 0.3) is 0 Å². The van der Waals surface area contributed by atoms with Crippen molar-refractivity contribution < 1.29 is 9.15 Å². The molecule has 8 bridgehead atoms. The normalized spacial score (nSPS) is 21.9. The first-order valence-electron chi connectivity index (χ1n) is 8.74. The topological polar surface area (TPSA) is 31.9 Å². The quantitative estimate of drug-likeness (QED) is 0.633. The molecule has 25 heavy (non-hydrogen) atoms. The fourth-order valence-corrected chi connectivity index (χ4v) is 3.71. The molecule has 1 aromatic rings. The molecular formula is C18H23N7+2. The molecule has 0 saturated carbocycles. The van der Waals surface area contributed by atoms with Crippen molar-refractivity contribution in [1.29, 1.82) is 0 Å². The second-order valence-corrected chi connectivity index (χ2v) is 7.07. The maximum atomic E-state index is 4.86. The van der Waals surface area contributed by atoms with Crippen molar-refractivity contribution >= 4 is 12.4 Å². The maximum absolute atomic E-state index is 4.86. The highest BCUT2D eigenvalue weighted by molar-refractivity contribution is 6.11. The maximum Gasteiger partial charge on any atom is 0.337 e. The van der Waals surface area contributed by atoms with E-state index in [1.165, 1.54) is 0 Å². The summed E-state index contributed by atoms with van der Waals surface area (Å²) in [6.07, 6.45) is 13.1. The first-order chi connectivity index (χ1) is 12.3. The van der Waals surface area contributed by atoms with Crippen LogP contribution in [0.5, 0.6) is 0 Å². The summed E-state index contributed by atoms with van der Waals surface area (Å²) in [7, 11) is 0. The average Bonchev–Trinajstić information content (AvgIpc) is 3.31. The molecule has 0 fully saturated rings. The fourth-order valence-electron chi connectivity index (χ4n) is 3.71. The van der Waals surface area contributed by atoms with Gasteiger partial charge in [-0.3, -0.25) is 4.98 Å². The Balaban J connectivity index is 1.39. The van der Waals surface area contributed by atoms with E-state index in [4.69, 9.17) is 4.98 Å². The van der Waals surface area contributed by atoms with Crippen LogP contribution in [0.3, 0.4) is 0 Å². The molecule has 0 aromatic carbocycles. The van der Waals surface area contributed by atoms with Crippen molar-refractivity contribution in [1.82, 2.24) is 24.6 Å². The number of rotatable bonds is 0. The zero-order chi connectivity index (χ0) is 16.6. The van der Waals surface area contributed by atoms with Gasteiger partial charge in [0.15, 0.2) is 0 Å². The number of hydrogen-bond donors (Lipinski definition) is 0. The standard InChI is InChI=1S/C18H23N7/c1-2-17-10-20-4-6-22(12-20)14-24-8-9-25(16-24)15-23-7-5-21(13-23)11-18(3-1)19-17/h1-9H,10-16H2/q+2. The van der Waals surface area contributed by atoms with Gasteiger partial charge in [-0.25, -0.2) is 0 Å². The van der Waals surface area contributed by atoms with Crippen LogP contribution in [0.1, 0.15) is 11.4 Å². The van der Waals surface area contributed by atoms with E-state index in [0.29, 0.717) is 0 Å². The van der Waals surface area contributed by atoms with Gasteiger partial charge >= 0.3 is 6.67 Å². The van der Waals surface area contributed by atoms with Crippen LogP contribution in [-0.2, 0) is 13.1 Å². The monoisotopic (exact) mass is 337 g/mol. The van der Waals surface area contributed by atoms with E-state index in [-0.39, 0.29) is 0 Å². The lowest BCUT2D eigenvalue weighted by Gasteiger charge is -2.21. The summed E-state index contributed by atoms with van der Waals surface area (Å²) in [5.74, 6) is 0.